The minimum atomic E-state index is -1.09. The van der Waals surface area contributed by atoms with Crippen molar-refractivity contribution in [1.82, 2.24) is 10.2 Å². The minimum absolute atomic E-state index is 0.0801. The highest BCUT2D eigenvalue weighted by Crippen LogP contribution is 2.41. The Morgan fingerprint density at radius 2 is 2.18 bits per heavy atom. The van der Waals surface area contributed by atoms with Crippen LogP contribution in [-0.4, -0.2) is 38.5 Å². The summed E-state index contributed by atoms with van der Waals surface area (Å²) in [6, 6.07) is 3.11. The zero-order valence-corrected chi connectivity index (χ0v) is 9.71. The Kier molecular flexibility index (Phi) is 2.74. The summed E-state index contributed by atoms with van der Waals surface area (Å²) in [5, 5.41) is 28.8. The number of aromatic nitrogens is 2. The number of carboxylic acids is 1. The van der Waals surface area contributed by atoms with E-state index in [1.54, 1.807) is 6.07 Å². The molecule has 1 saturated carbocycles. The fourth-order valence-electron chi connectivity index (χ4n) is 1.85. The average molecular weight is 237 g/mol. The number of hydrogen-bond acceptors (Lipinski definition) is 5. The number of rotatable bonds is 3. The number of nitrogens with one attached hydrogen (secondary N) is 1. The van der Waals surface area contributed by atoms with Gasteiger partial charge in [-0.2, -0.15) is 0 Å². The number of anilines is 1. The van der Waals surface area contributed by atoms with Crippen molar-refractivity contribution in [3.63, 3.8) is 0 Å². The van der Waals surface area contributed by atoms with E-state index in [2.05, 4.69) is 15.5 Å². The first-order valence-electron chi connectivity index (χ1n) is 5.43. The summed E-state index contributed by atoms with van der Waals surface area (Å²) >= 11 is 0. The first kappa shape index (κ1) is 11.8. The number of carbonyl (C=O) groups is 1. The molecule has 1 aromatic rings. The summed E-state index contributed by atoms with van der Waals surface area (Å²) in [4.78, 5) is 10.6. The summed E-state index contributed by atoms with van der Waals surface area (Å²) in [7, 11) is 0. The van der Waals surface area contributed by atoms with E-state index in [0.717, 1.165) is 0 Å². The lowest BCUT2D eigenvalue weighted by molar-refractivity contribution is -0.0511. The van der Waals surface area contributed by atoms with Crippen LogP contribution < -0.4 is 5.32 Å². The molecule has 2 atom stereocenters. The van der Waals surface area contributed by atoms with E-state index in [1.807, 2.05) is 13.8 Å². The molecule has 1 fully saturated rings. The van der Waals surface area contributed by atoms with Crippen molar-refractivity contribution in [3.8, 4) is 0 Å². The van der Waals surface area contributed by atoms with Gasteiger partial charge in [-0.1, -0.05) is 13.8 Å². The van der Waals surface area contributed by atoms with E-state index in [9.17, 15) is 9.90 Å². The molecule has 6 nitrogen and oxygen atoms in total. The first-order valence-corrected chi connectivity index (χ1v) is 5.43. The molecule has 1 aliphatic carbocycles. The van der Waals surface area contributed by atoms with Gasteiger partial charge in [-0.3, -0.25) is 0 Å². The van der Waals surface area contributed by atoms with Gasteiger partial charge in [0.1, 0.15) is 5.82 Å². The predicted octanol–water partition coefficient (Wildman–Crippen LogP) is 0.746. The SMILES string of the molecule is CC1(C)C(O)CC1Nc1ccc(C(=O)O)nn1. The topological polar surface area (TPSA) is 95.3 Å². The molecule has 2 unspecified atom stereocenters. The van der Waals surface area contributed by atoms with Gasteiger partial charge < -0.3 is 15.5 Å². The molecule has 0 amide bonds. The molecular weight excluding hydrogens is 222 g/mol. The number of hydrogen-bond donors (Lipinski definition) is 3. The quantitative estimate of drug-likeness (QED) is 0.718. The molecule has 0 radical (unpaired) electrons. The normalized spacial score (nSPS) is 26.1. The monoisotopic (exact) mass is 237 g/mol. The van der Waals surface area contributed by atoms with Gasteiger partial charge in [0.05, 0.1) is 6.10 Å². The molecule has 1 aromatic heterocycles. The molecule has 3 N–H and O–H groups in total. The smallest absolute Gasteiger partial charge is 0.356 e. The third-order valence-corrected chi connectivity index (χ3v) is 3.42. The van der Waals surface area contributed by atoms with Crippen LogP contribution in [0.2, 0.25) is 0 Å². The fourth-order valence-corrected chi connectivity index (χ4v) is 1.85. The van der Waals surface area contributed by atoms with Crippen molar-refractivity contribution in [2.24, 2.45) is 5.41 Å². The summed E-state index contributed by atoms with van der Waals surface area (Å²) < 4.78 is 0. The zero-order chi connectivity index (χ0) is 12.6. The van der Waals surface area contributed by atoms with Crippen LogP contribution in [0.15, 0.2) is 12.1 Å². The number of carboxylic acid groups (broad SMARTS) is 1. The minimum Gasteiger partial charge on any atom is -0.476 e. The maximum absolute atomic E-state index is 10.6. The van der Waals surface area contributed by atoms with Gasteiger partial charge in [0, 0.05) is 11.5 Å². The Morgan fingerprint density at radius 3 is 2.59 bits per heavy atom. The van der Waals surface area contributed by atoms with Crippen LogP contribution in [0.25, 0.3) is 0 Å². The highest BCUT2D eigenvalue weighted by molar-refractivity contribution is 5.85. The third-order valence-electron chi connectivity index (χ3n) is 3.42. The molecule has 1 aliphatic rings. The van der Waals surface area contributed by atoms with Crippen LogP contribution in [-0.2, 0) is 0 Å². The van der Waals surface area contributed by atoms with Crippen LogP contribution in [0.4, 0.5) is 5.82 Å². The lowest BCUT2D eigenvalue weighted by Gasteiger charge is -2.49. The molecular formula is C11H15N3O3. The van der Waals surface area contributed by atoms with E-state index in [0.29, 0.717) is 12.2 Å². The highest BCUT2D eigenvalue weighted by atomic mass is 16.4. The van der Waals surface area contributed by atoms with Gasteiger partial charge >= 0.3 is 5.97 Å². The summed E-state index contributed by atoms with van der Waals surface area (Å²) in [6.07, 6.45) is 0.348. The molecule has 0 aromatic carbocycles. The Balaban J connectivity index is 2.03. The molecule has 0 saturated heterocycles. The number of aromatic carboxylic acids is 1. The highest BCUT2D eigenvalue weighted by Gasteiger charge is 2.47. The van der Waals surface area contributed by atoms with Crippen molar-refractivity contribution in [1.29, 1.82) is 0 Å². The lowest BCUT2D eigenvalue weighted by atomic mass is 9.64. The summed E-state index contributed by atoms with van der Waals surface area (Å²) in [5.41, 5.74) is -0.281. The van der Waals surface area contributed by atoms with E-state index in [1.165, 1.54) is 6.07 Å². The second-order valence-corrected chi connectivity index (χ2v) is 4.88. The molecule has 17 heavy (non-hydrogen) atoms. The van der Waals surface area contributed by atoms with Gasteiger partial charge in [-0.15, -0.1) is 10.2 Å². The first-order chi connectivity index (χ1) is 7.91. The Hall–Kier alpha value is -1.69. The average Bonchev–Trinajstić information content (AvgIpc) is 2.29. The van der Waals surface area contributed by atoms with Crippen LogP contribution in [0.1, 0.15) is 30.8 Å². The Morgan fingerprint density at radius 1 is 1.47 bits per heavy atom. The summed E-state index contributed by atoms with van der Waals surface area (Å²) in [5.74, 6) is -0.566. The number of nitrogens with zero attached hydrogens (tertiary/aromatic N) is 2. The molecule has 1 heterocycles. The summed E-state index contributed by atoms with van der Waals surface area (Å²) in [6.45, 7) is 3.94. The van der Waals surface area contributed by atoms with Crippen molar-refractivity contribution < 1.29 is 15.0 Å². The molecule has 92 valence electrons. The van der Waals surface area contributed by atoms with E-state index >= 15 is 0 Å². The van der Waals surface area contributed by atoms with Gasteiger partial charge in [0.2, 0.25) is 0 Å². The van der Waals surface area contributed by atoms with Crippen LogP contribution in [0.3, 0.4) is 0 Å². The van der Waals surface area contributed by atoms with Crippen LogP contribution in [0, 0.1) is 5.41 Å². The van der Waals surface area contributed by atoms with Gasteiger partial charge in [-0.25, -0.2) is 4.79 Å². The predicted molar refractivity (Wildman–Crippen MR) is 60.8 cm³/mol. The molecule has 6 heteroatoms. The number of aliphatic hydroxyl groups excluding tert-OH is 1. The van der Waals surface area contributed by atoms with Crippen molar-refractivity contribution in [3.05, 3.63) is 17.8 Å². The second-order valence-electron chi connectivity index (χ2n) is 4.88. The second kappa shape index (κ2) is 3.96. The third kappa shape index (κ3) is 2.08. The standard InChI is InChI=1S/C11H15N3O3/c1-11(2)7(5-8(11)15)12-9-4-3-6(10(16)17)13-14-9/h3-4,7-8,15H,5H2,1-2H3,(H,12,14)(H,16,17). The molecule has 0 spiro atoms. The molecule has 2 rings (SSSR count). The van der Waals surface area contributed by atoms with Gasteiger partial charge in [0.15, 0.2) is 5.69 Å². The molecule has 0 bridgehead atoms. The fraction of sp³-hybridized carbons (Fsp3) is 0.545. The van der Waals surface area contributed by atoms with E-state index in [-0.39, 0.29) is 23.3 Å². The van der Waals surface area contributed by atoms with Crippen LogP contribution in [0.5, 0.6) is 0 Å². The van der Waals surface area contributed by atoms with E-state index < -0.39 is 5.97 Å². The van der Waals surface area contributed by atoms with Crippen molar-refractivity contribution >= 4 is 11.8 Å². The zero-order valence-electron chi connectivity index (χ0n) is 9.71. The Labute approximate surface area is 98.7 Å². The van der Waals surface area contributed by atoms with E-state index in [4.69, 9.17) is 5.11 Å². The maximum Gasteiger partial charge on any atom is 0.356 e. The van der Waals surface area contributed by atoms with Crippen molar-refractivity contribution in [2.75, 3.05) is 5.32 Å². The maximum atomic E-state index is 10.6. The van der Waals surface area contributed by atoms with Gasteiger partial charge in [-0.05, 0) is 18.6 Å². The lowest BCUT2D eigenvalue weighted by Crippen LogP contribution is -2.57. The Bertz CT molecular complexity index is 430. The van der Waals surface area contributed by atoms with Crippen molar-refractivity contribution in [2.45, 2.75) is 32.4 Å². The van der Waals surface area contributed by atoms with Gasteiger partial charge in [0.25, 0.3) is 0 Å². The number of aliphatic hydroxyl groups is 1. The van der Waals surface area contributed by atoms with Crippen LogP contribution >= 0.6 is 0 Å². The largest absolute Gasteiger partial charge is 0.476 e. The molecule has 0 aliphatic heterocycles.